The fraction of sp³-hybridized carbons (Fsp3) is 0.600. The van der Waals surface area contributed by atoms with Crippen molar-refractivity contribution in [1.29, 1.82) is 0 Å². The van der Waals surface area contributed by atoms with Crippen molar-refractivity contribution >= 4 is 17.6 Å². The van der Waals surface area contributed by atoms with Crippen LogP contribution in [0.2, 0.25) is 0 Å². The molecule has 0 heterocycles. The van der Waals surface area contributed by atoms with Crippen molar-refractivity contribution in [3.63, 3.8) is 0 Å². The number of hydrogen-bond acceptors (Lipinski definition) is 3. The molecule has 2 rings (SSSR count). The number of hydrogen-bond donors (Lipinski definition) is 1. The second-order valence-corrected chi connectivity index (χ2v) is 7.88. The van der Waals surface area contributed by atoms with Crippen molar-refractivity contribution < 1.29 is 14.3 Å². The second-order valence-electron chi connectivity index (χ2n) is 7.88. The average Bonchev–Trinajstić information content (AvgIpc) is 2.48. The second kappa shape index (κ2) is 7.82. The number of carbonyl (C=O) groups excluding carboxylic acids is 2. The van der Waals surface area contributed by atoms with Gasteiger partial charge in [0.05, 0.1) is 6.42 Å². The third-order valence-electron chi connectivity index (χ3n) is 4.82. The van der Waals surface area contributed by atoms with E-state index in [1.165, 1.54) is 6.92 Å². The first kappa shape index (κ1) is 18.5. The van der Waals surface area contributed by atoms with Crippen molar-refractivity contribution in [3.8, 4) is 0 Å². The highest BCUT2D eigenvalue weighted by Crippen LogP contribution is 2.38. The maximum absolute atomic E-state index is 12.1. The number of rotatable bonds is 4. The Hall–Kier alpha value is -1.84. The van der Waals surface area contributed by atoms with Crippen LogP contribution in [0.15, 0.2) is 24.3 Å². The standard InChI is InChI=1S/C20H29NO3/c1-14(22)21-17-9-5-15(6-10-17)13-19(23)24-18-11-7-16(8-12-18)20(2,3)4/h5-6,9-10,16,18H,7-8,11-13H2,1-4H3,(H,21,22). The maximum Gasteiger partial charge on any atom is 0.310 e. The van der Waals surface area contributed by atoms with E-state index in [4.69, 9.17) is 4.74 Å². The van der Waals surface area contributed by atoms with Crippen LogP contribution in [0.25, 0.3) is 0 Å². The molecule has 0 spiro atoms. The Morgan fingerprint density at radius 1 is 1.08 bits per heavy atom. The molecular formula is C20H29NO3. The Labute approximate surface area is 145 Å². The molecular weight excluding hydrogens is 302 g/mol. The Morgan fingerprint density at radius 3 is 2.17 bits per heavy atom. The van der Waals surface area contributed by atoms with Gasteiger partial charge in [-0.2, -0.15) is 0 Å². The monoisotopic (exact) mass is 331 g/mol. The first-order valence-electron chi connectivity index (χ1n) is 8.80. The van der Waals surface area contributed by atoms with Crippen LogP contribution < -0.4 is 5.32 Å². The Kier molecular flexibility index (Phi) is 6.03. The van der Waals surface area contributed by atoms with E-state index in [2.05, 4.69) is 26.1 Å². The van der Waals surface area contributed by atoms with Crippen LogP contribution in [-0.2, 0) is 20.7 Å². The van der Waals surface area contributed by atoms with E-state index in [0.717, 1.165) is 36.9 Å². The van der Waals surface area contributed by atoms with Gasteiger partial charge in [-0.1, -0.05) is 32.9 Å². The molecule has 1 amide bonds. The van der Waals surface area contributed by atoms with E-state index in [0.29, 0.717) is 11.3 Å². The van der Waals surface area contributed by atoms with Gasteiger partial charge in [0.2, 0.25) is 5.91 Å². The smallest absolute Gasteiger partial charge is 0.310 e. The van der Waals surface area contributed by atoms with Crippen molar-refractivity contribution in [2.24, 2.45) is 11.3 Å². The molecule has 1 aromatic carbocycles. The first-order chi connectivity index (χ1) is 11.2. The van der Waals surface area contributed by atoms with Crippen LogP contribution >= 0.6 is 0 Å². The zero-order valence-electron chi connectivity index (χ0n) is 15.2. The SMILES string of the molecule is CC(=O)Nc1ccc(CC(=O)OC2CCC(C(C)(C)C)CC2)cc1. The van der Waals surface area contributed by atoms with Gasteiger partial charge in [-0.15, -0.1) is 0 Å². The summed E-state index contributed by atoms with van der Waals surface area (Å²) in [6, 6.07) is 7.31. The van der Waals surface area contributed by atoms with Crippen LogP contribution in [0.4, 0.5) is 5.69 Å². The van der Waals surface area contributed by atoms with Crippen LogP contribution in [0.1, 0.15) is 58.9 Å². The Balaban J connectivity index is 1.78. The molecule has 1 aliphatic carbocycles. The van der Waals surface area contributed by atoms with Gasteiger partial charge in [-0.05, 0) is 54.7 Å². The number of carbonyl (C=O) groups is 2. The van der Waals surface area contributed by atoms with Gasteiger partial charge in [-0.3, -0.25) is 9.59 Å². The summed E-state index contributed by atoms with van der Waals surface area (Å²) in [7, 11) is 0. The minimum atomic E-state index is -0.165. The zero-order chi connectivity index (χ0) is 17.7. The summed E-state index contributed by atoms with van der Waals surface area (Å²) in [5.74, 6) is 0.447. The van der Waals surface area contributed by atoms with E-state index in [9.17, 15) is 9.59 Å². The lowest BCUT2D eigenvalue weighted by Crippen LogP contribution is -2.30. The minimum Gasteiger partial charge on any atom is -0.462 e. The van der Waals surface area contributed by atoms with Crippen molar-refractivity contribution in [3.05, 3.63) is 29.8 Å². The molecule has 132 valence electrons. The number of anilines is 1. The highest BCUT2D eigenvalue weighted by molar-refractivity contribution is 5.88. The van der Waals surface area contributed by atoms with Gasteiger partial charge in [0.1, 0.15) is 6.10 Å². The summed E-state index contributed by atoms with van der Waals surface area (Å²) in [4.78, 5) is 23.1. The molecule has 1 N–H and O–H groups in total. The molecule has 0 unspecified atom stereocenters. The summed E-state index contributed by atoms with van der Waals surface area (Å²) in [6.45, 7) is 8.33. The average molecular weight is 331 g/mol. The maximum atomic E-state index is 12.1. The fourth-order valence-electron chi connectivity index (χ4n) is 3.35. The van der Waals surface area contributed by atoms with E-state index in [-0.39, 0.29) is 24.4 Å². The molecule has 0 aliphatic heterocycles. The first-order valence-corrected chi connectivity index (χ1v) is 8.80. The third kappa shape index (κ3) is 5.66. The van der Waals surface area contributed by atoms with Crippen LogP contribution in [0.3, 0.4) is 0 Å². The number of benzene rings is 1. The molecule has 24 heavy (non-hydrogen) atoms. The van der Waals surface area contributed by atoms with Crippen LogP contribution in [0, 0.1) is 11.3 Å². The van der Waals surface area contributed by atoms with Gasteiger partial charge < -0.3 is 10.1 Å². The summed E-state index contributed by atoms with van der Waals surface area (Å²) in [6.07, 6.45) is 4.54. The fourth-order valence-corrected chi connectivity index (χ4v) is 3.35. The van der Waals surface area contributed by atoms with Gasteiger partial charge in [-0.25, -0.2) is 0 Å². The van der Waals surface area contributed by atoms with Crippen molar-refractivity contribution in [1.82, 2.24) is 0 Å². The van der Waals surface area contributed by atoms with Gasteiger partial charge in [0.25, 0.3) is 0 Å². The zero-order valence-corrected chi connectivity index (χ0v) is 15.2. The molecule has 1 saturated carbocycles. The molecule has 4 nitrogen and oxygen atoms in total. The predicted molar refractivity (Wildman–Crippen MR) is 95.7 cm³/mol. The van der Waals surface area contributed by atoms with E-state index >= 15 is 0 Å². The molecule has 1 fully saturated rings. The third-order valence-corrected chi connectivity index (χ3v) is 4.82. The number of ether oxygens (including phenoxy) is 1. The van der Waals surface area contributed by atoms with Crippen molar-refractivity contribution in [2.75, 3.05) is 5.32 Å². The molecule has 4 heteroatoms. The number of esters is 1. The molecule has 0 aromatic heterocycles. The molecule has 0 atom stereocenters. The molecule has 0 saturated heterocycles. The van der Waals surface area contributed by atoms with E-state index in [1.54, 1.807) is 12.1 Å². The predicted octanol–water partition coefficient (Wildman–Crippen LogP) is 4.34. The van der Waals surface area contributed by atoms with Gasteiger partial charge in [0, 0.05) is 12.6 Å². The van der Waals surface area contributed by atoms with Gasteiger partial charge >= 0.3 is 5.97 Å². The van der Waals surface area contributed by atoms with Crippen molar-refractivity contribution in [2.45, 2.75) is 65.9 Å². The summed E-state index contributed by atoms with van der Waals surface area (Å²) < 4.78 is 5.64. The van der Waals surface area contributed by atoms with E-state index < -0.39 is 0 Å². The highest BCUT2D eigenvalue weighted by Gasteiger charge is 2.31. The van der Waals surface area contributed by atoms with Gasteiger partial charge in [0.15, 0.2) is 0 Å². The Morgan fingerprint density at radius 2 is 1.67 bits per heavy atom. The Bertz CT molecular complexity index is 564. The lowest BCUT2D eigenvalue weighted by Gasteiger charge is -2.36. The summed E-state index contributed by atoms with van der Waals surface area (Å²) in [5.41, 5.74) is 1.97. The molecule has 0 radical (unpaired) electrons. The minimum absolute atomic E-state index is 0.0646. The summed E-state index contributed by atoms with van der Waals surface area (Å²) in [5, 5.41) is 2.71. The topological polar surface area (TPSA) is 55.4 Å². The lowest BCUT2D eigenvalue weighted by atomic mass is 9.72. The number of nitrogens with one attached hydrogen (secondary N) is 1. The molecule has 1 aromatic rings. The normalized spacial score (nSPS) is 21.2. The van der Waals surface area contributed by atoms with Crippen LogP contribution in [0.5, 0.6) is 0 Å². The van der Waals surface area contributed by atoms with Crippen LogP contribution in [-0.4, -0.2) is 18.0 Å². The lowest BCUT2D eigenvalue weighted by molar-refractivity contribution is -0.150. The quantitative estimate of drug-likeness (QED) is 0.835. The highest BCUT2D eigenvalue weighted by atomic mass is 16.5. The summed E-state index contributed by atoms with van der Waals surface area (Å²) >= 11 is 0. The number of amides is 1. The molecule has 0 bridgehead atoms. The largest absolute Gasteiger partial charge is 0.462 e. The van der Waals surface area contributed by atoms with E-state index in [1.807, 2.05) is 12.1 Å². The molecule has 1 aliphatic rings.